The summed E-state index contributed by atoms with van der Waals surface area (Å²) in [5, 5.41) is 0.741. The second-order valence-corrected chi connectivity index (χ2v) is 8.63. The van der Waals surface area contributed by atoms with E-state index < -0.39 is 11.9 Å². The van der Waals surface area contributed by atoms with Gasteiger partial charge < -0.3 is 24.7 Å². The van der Waals surface area contributed by atoms with Crippen LogP contribution in [-0.2, 0) is 4.79 Å². The molecule has 1 aliphatic rings. The third-order valence-electron chi connectivity index (χ3n) is 5.51. The first-order valence-electron chi connectivity index (χ1n) is 10.5. The van der Waals surface area contributed by atoms with E-state index in [0.29, 0.717) is 33.8 Å². The molecule has 1 aliphatic heterocycles. The molecule has 0 radical (unpaired) electrons. The maximum atomic E-state index is 13.5. The van der Waals surface area contributed by atoms with Crippen LogP contribution in [0.5, 0.6) is 5.75 Å². The van der Waals surface area contributed by atoms with Crippen LogP contribution in [0.15, 0.2) is 51.7 Å². The van der Waals surface area contributed by atoms with Gasteiger partial charge in [-0.05, 0) is 63.0 Å². The molecule has 2 N–H and O–H groups in total. The first-order valence-corrected chi connectivity index (χ1v) is 10.9. The van der Waals surface area contributed by atoms with Crippen LogP contribution in [0, 0.1) is 0 Å². The summed E-state index contributed by atoms with van der Waals surface area (Å²) in [6.45, 7) is 0.991. The lowest BCUT2D eigenvalue weighted by molar-refractivity contribution is -0.119. The molecule has 9 heteroatoms. The smallest absolute Gasteiger partial charge is 0.290 e. The molecule has 0 spiro atoms. The van der Waals surface area contributed by atoms with Crippen LogP contribution in [-0.4, -0.2) is 55.4 Å². The predicted octanol–water partition coefficient (Wildman–Crippen LogP) is 2.81. The van der Waals surface area contributed by atoms with Crippen molar-refractivity contribution in [2.45, 2.75) is 12.5 Å². The maximum Gasteiger partial charge on any atom is 0.290 e. The molecule has 0 fully saturated rings. The minimum absolute atomic E-state index is 0.0544. The Morgan fingerprint density at radius 3 is 2.58 bits per heavy atom. The Morgan fingerprint density at radius 2 is 1.91 bits per heavy atom. The predicted molar refractivity (Wildman–Crippen MR) is 125 cm³/mol. The number of primary amides is 1. The summed E-state index contributed by atoms with van der Waals surface area (Å²) in [5.74, 6) is -0.390. The molecule has 2 heterocycles. The number of hydrogen-bond acceptors (Lipinski definition) is 6. The van der Waals surface area contributed by atoms with E-state index in [1.807, 2.05) is 19.0 Å². The molecule has 2 aromatic carbocycles. The highest BCUT2D eigenvalue weighted by molar-refractivity contribution is 6.31. The number of nitrogens with two attached hydrogens (primary N) is 1. The number of amides is 2. The van der Waals surface area contributed by atoms with Gasteiger partial charge in [-0.1, -0.05) is 23.7 Å². The second kappa shape index (κ2) is 9.25. The Balaban J connectivity index is 1.79. The molecule has 1 atom stereocenters. The van der Waals surface area contributed by atoms with Crippen molar-refractivity contribution < 1.29 is 18.7 Å². The fourth-order valence-corrected chi connectivity index (χ4v) is 4.20. The van der Waals surface area contributed by atoms with E-state index >= 15 is 0 Å². The van der Waals surface area contributed by atoms with Crippen molar-refractivity contribution in [2.24, 2.45) is 5.73 Å². The van der Waals surface area contributed by atoms with Crippen LogP contribution in [0.25, 0.3) is 11.0 Å². The lowest BCUT2D eigenvalue weighted by Gasteiger charge is -2.26. The number of halogens is 1. The largest absolute Gasteiger partial charge is 0.484 e. The van der Waals surface area contributed by atoms with Gasteiger partial charge >= 0.3 is 0 Å². The third-order valence-corrected chi connectivity index (χ3v) is 5.74. The molecule has 1 aromatic heterocycles. The molecule has 3 aromatic rings. The van der Waals surface area contributed by atoms with Gasteiger partial charge in [0, 0.05) is 11.6 Å². The number of fused-ring (bicyclic) bond motifs is 2. The van der Waals surface area contributed by atoms with Crippen molar-refractivity contribution in [3.8, 4) is 5.75 Å². The molecular formula is C24H24ClN3O5. The summed E-state index contributed by atoms with van der Waals surface area (Å²) in [5.41, 5.74) is 6.19. The van der Waals surface area contributed by atoms with Gasteiger partial charge in [0.2, 0.25) is 5.76 Å². The summed E-state index contributed by atoms with van der Waals surface area (Å²) in [7, 11) is 3.93. The van der Waals surface area contributed by atoms with Crippen LogP contribution in [0.3, 0.4) is 0 Å². The summed E-state index contributed by atoms with van der Waals surface area (Å²) in [4.78, 5) is 41.5. The van der Waals surface area contributed by atoms with E-state index in [2.05, 4.69) is 0 Å². The molecule has 4 rings (SSSR count). The number of rotatable bonds is 8. The maximum absolute atomic E-state index is 13.5. The Bertz CT molecular complexity index is 1270. The molecular weight excluding hydrogens is 446 g/mol. The first kappa shape index (κ1) is 22.8. The molecule has 2 amide bonds. The second-order valence-electron chi connectivity index (χ2n) is 8.20. The Labute approximate surface area is 195 Å². The monoisotopic (exact) mass is 469 g/mol. The summed E-state index contributed by atoms with van der Waals surface area (Å²) < 4.78 is 11.2. The van der Waals surface area contributed by atoms with Crippen molar-refractivity contribution in [3.63, 3.8) is 0 Å². The lowest BCUT2D eigenvalue weighted by Crippen LogP contribution is -2.32. The molecule has 0 unspecified atom stereocenters. The fraction of sp³-hybridized carbons (Fsp3) is 0.292. The highest BCUT2D eigenvalue weighted by atomic mass is 35.5. The zero-order valence-electron chi connectivity index (χ0n) is 18.3. The number of carbonyl (C=O) groups excluding carboxylic acids is 2. The minimum Gasteiger partial charge on any atom is -0.484 e. The topological polar surface area (TPSA) is 106 Å². The van der Waals surface area contributed by atoms with Crippen LogP contribution in [0.1, 0.15) is 34.1 Å². The molecule has 33 heavy (non-hydrogen) atoms. The Kier molecular flexibility index (Phi) is 6.40. The van der Waals surface area contributed by atoms with Crippen LogP contribution < -0.4 is 15.9 Å². The molecule has 0 aliphatic carbocycles. The van der Waals surface area contributed by atoms with Crippen molar-refractivity contribution in [3.05, 3.63) is 74.6 Å². The van der Waals surface area contributed by atoms with E-state index in [9.17, 15) is 14.4 Å². The highest BCUT2D eigenvalue weighted by Crippen LogP contribution is 2.38. The van der Waals surface area contributed by atoms with Gasteiger partial charge in [-0.2, -0.15) is 0 Å². The van der Waals surface area contributed by atoms with Crippen LogP contribution >= 0.6 is 11.6 Å². The van der Waals surface area contributed by atoms with Crippen molar-refractivity contribution in [2.75, 3.05) is 33.8 Å². The molecule has 0 saturated carbocycles. The number of ether oxygens (including phenoxy) is 1. The molecule has 172 valence electrons. The van der Waals surface area contributed by atoms with Crippen LogP contribution in [0.4, 0.5) is 0 Å². The highest BCUT2D eigenvalue weighted by Gasteiger charge is 2.42. The van der Waals surface area contributed by atoms with Gasteiger partial charge in [-0.3, -0.25) is 14.4 Å². The average Bonchev–Trinajstić information content (AvgIpc) is 3.05. The fourth-order valence-electron chi connectivity index (χ4n) is 4.03. The lowest BCUT2D eigenvalue weighted by atomic mass is 9.98. The molecule has 0 saturated heterocycles. The zero-order chi connectivity index (χ0) is 23.7. The van der Waals surface area contributed by atoms with Gasteiger partial charge in [0.05, 0.1) is 17.0 Å². The van der Waals surface area contributed by atoms with E-state index in [1.54, 1.807) is 47.4 Å². The summed E-state index contributed by atoms with van der Waals surface area (Å²) in [6, 6.07) is 11.1. The van der Waals surface area contributed by atoms with E-state index in [4.69, 9.17) is 26.5 Å². The standard InChI is InChI=1S/C24H24ClN3O5/c1-27(2)10-3-11-28-21(14-4-7-16(8-5-14)32-13-19(26)29)20-22(30)17-12-15(25)6-9-18(17)33-23(20)24(28)31/h4-9,12,21H,3,10-11,13H2,1-2H3,(H2,26,29)/t21-/m1/s1. The molecule has 0 bridgehead atoms. The number of carbonyl (C=O) groups is 2. The third kappa shape index (κ3) is 4.58. The van der Waals surface area contributed by atoms with Gasteiger partial charge in [-0.25, -0.2) is 0 Å². The molecule has 8 nitrogen and oxygen atoms in total. The summed E-state index contributed by atoms with van der Waals surface area (Å²) in [6.07, 6.45) is 0.725. The van der Waals surface area contributed by atoms with E-state index in [0.717, 1.165) is 18.5 Å². The normalized spacial score (nSPS) is 15.3. The van der Waals surface area contributed by atoms with Crippen molar-refractivity contribution in [1.29, 1.82) is 0 Å². The van der Waals surface area contributed by atoms with Crippen molar-refractivity contribution in [1.82, 2.24) is 9.80 Å². The average molecular weight is 470 g/mol. The van der Waals surface area contributed by atoms with Crippen molar-refractivity contribution >= 4 is 34.4 Å². The number of hydrogen-bond donors (Lipinski definition) is 1. The number of nitrogens with zero attached hydrogens (tertiary/aromatic N) is 2. The Hall–Kier alpha value is -3.36. The first-order chi connectivity index (χ1) is 15.8. The SMILES string of the molecule is CN(C)CCCN1C(=O)c2oc3ccc(Cl)cc3c(=O)c2[C@H]1c1ccc(OCC(N)=O)cc1. The van der Waals surface area contributed by atoms with Gasteiger partial charge in [-0.15, -0.1) is 0 Å². The van der Waals surface area contributed by atoms with Gasteiger partial charge in [0.15, 0.2) is 12.0 Å². The minimum atomic E-state index is -0.612. The van der Waals surface area contributed by atoms with E-state index in [1.165, 1.54) is 0 Å². The van der Waals surface area contributed by atoms with Gasteiger partial charge in [0.1, 0.15) is 11.3 Å². The van der Waals surface area contributed by atoms with E-state index in [-0.39, 0.29) is 23.7 Å². The van der Waals surface area contributed by atoms with Gasteiger partial charge in [0.25, 0.3) is 11.8 Å². The van der Waals surface area contributed by atoms with Crippen LogP contribution in [0.2, 0.25) is 5.02 Å². The quantitative estimate of drug-likeness (QED) is 0.543. The number of benzene rings is 2. The zero-order valence-corrected chi connectivity index (χ0v) is 19.1. The summed E-state index contributed by atoms with van der Waals surface area (Å²) >= 11 is 6.11. The Morgan fingerprint density at radius 1 is 1.18 bits per heavy atom.